The highest BCUT2D eigenvalue weighted by Gasteiger charge is 2.21. The summed E-state index contributed by atoms with van der Waals surface area (Å²) in [6.07, 6.45) is 1.10. The second-order valence-corrected chi connectivity index (χ2v) is 9.13. The minimum absolute atomic E-state index is 0.149. The summed E-state index contributed by atoms with van der Waals surface area (Å²) in [5.41, 5.74) is 2.96. The number of nitrogens with one attached hydrogen (secondary N) is 1. The first kappa shape index (κ1) is 22.2. The van der Waals surface area contributed by atoms with Crippen molar-refractivity contribution >= 4 is 27.4 Å². The molecule has 0 aliphatic carbocycles. The van der Waals surface area contributed by atoms with Crippen molar-refractivity contribution in [3.63, 3.8) is 0 Å². The molecule has 0 aliphatic rings. The Morgan fingerprint density at radius 2 is 1.68 bits per heavy atom. The predicted octanol–water partition coefficient (Wildman–Crippen LogP) is 2.75. The summed E-state index contributed by atoms with van der Waals surface area (Å²) in [5, 5.41) is 6.98. The summed E-state index contributed by atoms with van der Waals surface area (Å²) in [7, 11) is -3.32. The Kier molecular flexibility index (Phi) is 6.55. The topological polar surface area (TPSA) is 107 Å². The zero-order valence-electron chi connectivity index (χ0n) is 17.5. The van der Waals surface area contributed by atoms with Gasteiger partial charge in [0.2, 0.25) is 0 Å². The predicted molar refractivity (Wildman–Crippen MR) is 116 cm³/mol. The van der Waals surface area contributed by atoms with Gasteiger partial charge in [0.05, 0.1) is 22.8 Å². The van der Waals surface area contributed by atoms with E-state index in [2.05, 4.69) is 10.4 Å². The molecule has 0 unspecified atom stereocenters. The van der Waals surface area contributed by atoms with Crippen molar-refractivity contribution in [3.8, 4) is 0 Å². The lowest BCUT2D eigenvalue weighted by molar-refractivity contribution is -0.119. The number of carbonyl (C=O) groups is 2. The monoisotopic (exact) mass is 441 g/mol. The van der Waals surface area contributed by atoms with Crippen molar-refractivity contribution in [3.05, 3.63) is 77.1 Å². The van der Waals surface area contributed by atoms with Crippen molar-refractivity contribution in [1.29, 1.82) is 0 Å². The van der Waals surface area contributed by atoms with Gasteiger partial charge in [0.25, 0.3) is 5.91 Å². The van der Waals surface area contributed by atoms with Crippen LogP contribution in [0.2, 0.25) is 0 Å². The lowest BCUT2D eigenvalue weighted by Gasteiger charge is -2.08. The van der Waals surface area contributed by atoms with Crippen LogP contribution in [0.25, 0.3) is 0 Å². The van der Waals surface area contributed by atoms with Crippen LogP contribution < -0.4 is 5.32 Å². The highest BCUT2D eigenvalue weighted by atomic mass is 32.2. The molecule has 3 rings (SSSR count). The maximum Gasteiger partial charge on any atom is 0.342 e. The van der Waals surface area contributed by atoms with Gasteiger partial charge in [0.1, 0.15) is 5.56 Å². The minimum atomic E-state index is -3.32. The molecule has 1 N–H and O–H groups in total. The number of aromatic nitrogens is 2. The van der Waals surface area contributed by atoms with E-state index in [1.54, 1.807) is 18.5 Å². The number of amides is 1. The van der Waals surface area contributed by atoms with Crippen molar-refractivity contribution in [1.82, 2.24) is 9.78 Å². The highest BCUT2D eigenvalue weighted by Crippen LogP contribution is 2.17. The van der Waals surface area contributed by atoms with Gasteiger partial charge in [-0.15, -0.1) is 0 Å². The first-order chi connectivity index (χ1) is 14.6. The minimum Gasteiger partial charge on any atom is -0.452 e. The summed E-state index contributed by atoms with van der Waals surface area (Å²) in [6, 6.07) is 15.5. The molecule has 31 heavy (non-hydrogen) atoms. The normalized spacial score (nSPS) is 11.2. The SMILES string of the molecule is Cc1nn(Cc2ccccc2)c(C)c1C(=O)OCC(=O)Nc1ccc(S(C)(=O)=O)cc1. The first-order valence-corrected chi connectivity index (χ1v) is 11.4. The van der Waals surface area contributed by atoms with Gasteiger partial charge in [0, 0.05) is 11.9 Å². The van der Waals surface area contributed by atoms with Crippen LogP contribution in [-0.2, 0) is 25.9 Å². The zero-order valence-corrected chi connectivity index (χ0v) is 18.3. The Morgan fingerprint density at radius 3 is 2.29 bits per heavy atom. The highest BCUT2D eigenvalue weighted by molar-refractivity contribution is 7.90. The second-order valence-electron chi connectivity index (χ2n) is 7.11. The van der Waals surface area contributed by atoms with Crippen molar-refractivity contribution in [2.75, 3.05) is 18.2 Å². The van der Waals surface area contributed by atoms with Gasteiger partial charge in [-0.05, 0) is 43.7 Å². The van der Waals surface area contributed by atoms with E-state index in [0.29, 0.717) is 29.2 Å². The molecular weight excluding hydrogens is 418 g/mol. The molecule has 0 atom stereocenters. The van der Waals surface area contributed by atoms with Crippen LogP contribution in [0.15, 0.2) is 59.5 Å². The summed E-state index contributed by atoms with van der Waals surface area (Å²) in [4.78, 5) is 24.8. The maximum atomic E-state index is 12.5. The lowest BCUT2D eigenvalue weighted by Crippen LogP contribution is -2.21. The summed E-state index contributed by atoms with van der Waals surface area (Å²) >= 11 is 0. The average molecular weight is 442 g/mol. The molecule has 0 aliphatic heterocycles. The Balaban J connectivity index is 1.61. The maximum absolute atomic E-state index is 12.5. The number of rotatable bonds is 7. The molecule has 1 heterocycles. The van der Waals surface area contributed by atoms with Crippen LogP contribution in [-0.4, -0.2) is 42.9 Å². The van der Waals surface area contributed by atoms with E-state index in [1.807, 2.05) is 30.3 Å². The van der Waals surface area contributed by atoms with Crippen LogP contribution in [0, 0.1) is 13.8 Å². The van der Waals surface area contributed by atoms with E-state index in [9.17, 15) is 18.0 Å². The third-order valence-electron chi connectivity index (χ3n) is 4.66. The number of carbonyl (C=O) groups excluding carboxylic acids is 2. The molecule has 3 aromatic rings. The molecule has 0 fully saturated rings. The second kappa shape index (κ2) is 9.13. The molecule has 2 aromatic carbocycles. The molecule has 0 saturated carbocycles. The molecule has 0 radical (unpaired) electrons. The van der Waals surface area contributed by atoms with Crippen LogP contribution in [0.4, 0.5) is 5.69 Å². The Labute approximate surface area is 180 Å². The van der Waals surface area contributed by atoms with Gasteiger partial charge in [-0.3, -0.25) is 9.48 Å². The molecule has 8 nitrogen and oxygen atoms in total. The van der Waals surface area contributed by atoms with Gasteiger partial charge < -0.3 is 10.1 Å². The Bertz CT molecular complexity index is 1200. The molecule has 162 valence electrons. The number of esters is 1. The quantitative estimate of drug-likeness (QED) is 0.565. The molecule has 0 bridgehead atoms. The van der Waals surface area contributed by atoms with E-state index in [4.69, 9.17) is 4.74 Å². The van der Waals surface area contributed by atoms with E-state index in [1.165, 1.54) is 24.3 Å². The molecule has 0 saturated heterocycles. The molecule has 9 heteroatoms. The largest absolute Gasteiger partial charge is 0.452 e. The Morgan fingerprint density at radius 1 is 1.03 bits per heavy atom. The molecule has 1 aromatic heterocycles. The van der Waals surface area contributed by atoms with Crippen LogP contribution in [0.1, 0.15) is 27.3 Å². The number of aryl methyl sites for hydroxylation is 1. The van der Waals surface area contributed by atoms with Crippen molar-refractivity contribution < 1.29 is 22.7 Å². The van der Waals surface area contributed by atoms with Gasteiger partial charge in [-0.25, -0.2) is 13.2 Å². The fourth-order valence-corrected chi connectivity index (χ4v) is 3.72. The van der Waals surface area contributed by atoms with Gasteiger partial charge in [-0.2, -0.15) is 5.10 Å². The molecular formula is C22H23N3O5S. The van der Waals surface area contributed by atoms with E-state index >= 15 is 0 Å². The fourth-order valence-electron chi connectivity index (χ4n) is 3.09. The number of hydrogen-bond acceptors (Lipinski definition) is 6. The van der Waals surface area contributed by atoms with Gasteiger partial charge in [-0.1, -0.05) is 30.3 Å². The summed E-state index contributed by atoms with van der Waals surface area (Å²) < 4.78 is 29.9. The summed E-state index contributed by atoms with van der Waals surface area (Å²) in [6.45, 7) is 3.54. The smallest absolute Gasteiger partial charge is 0.342 e. The van der Waals surface area contributed by atoms with Crippen molar-refractivity contribution in [2.45, 2.75) is 25.3 Å². The number of sulfone groups is 1. The third-order valence-corrected chi connectivity index (χ3v) is 5.79. The molecule has 0 spiro atoms. The average Bonchev–Trinajstić information content (AvgIpc) is 3.00. The lowest BCUT2D eigenvalue weighted by atomic mass is 10.2. The van der Waals surface area contributed by atoms with Crippen LogP contribution in [0.5, 0.6) is 0 Å². The summed E-state index contributed by atoms with van der Waals surface area (Å²) in [5.74, 6) is -1.16. The number of anilines is 1. The zero-order chi connectivity index (χ0) is 22.6. The van der Waals surface area contributed by atoms with E-state index in [0.717, 1.165) is 11.8 Å². The Hall–Kier alpha value is -3.46. The number of nitrogens with zero attached hydrogens (tertiary/aromatic N) is 2. The number of ether oxygens (including phenoxy) is 1. The van der Waals surface area contributed by atoms with E-state index in [-0.39, 0.29) is 4.90 Å². The number of hydrogen-bond donors (Lipinski definition) is 1. The van der Waals surface area contributed by atoms with Crippen LogP contribution >= 0.6 is 0 Å². The first-order valence-electron chi connectivity index (χ1n) is 9.50. The van der Waals surface area contributed by atoms with Gasteiger partial charge in [0.15, 0.2) is 16.4 Å². The number of benzene rings is 2. The standard InChI is InChI=1S/C22H23N3O5S/c1-15-21(16(2)25(24-15)13-17-7-5-4-6-8-17)22(27)30-14-20(26)23-18-9-11-19(12-10-18)31(3,28)29/h4-12H,13-14H2,1-3H3,(H,23,26). The third kappa shape index (κ3) is 5.58. The van der Waals surface area contributed by atoms with Crippen LogP contribution in [0.3, 0.4) is 0 Å². The van der Waals surface area contributed by atoms with Crippen molar-refractivity contribution in [2.24, 2.45) is 0 Å². The molecule has 1 amide bonds. The fraction of sp³-hybridized carbons (Fsp3) is 0.227. The van der Waals surface area contributed by atoms with E-state index < -0.39 is 28.3 Å². The van der Waals surface area contributed by atoms with Gasteiger partial charge >= 0.3 is 5.97 Å².